The van der Waals surface area contributed by atoms with Gasteiger partial charge in [0.25, 0.3) is 6.47 Å². The van der Waals surface area contributed by atoms with Crippen molar-refractivity contribution in [2.45, 2.75) is 25.9 Å². The number of carbonyl (C=O) groups excluding carboxylic acids is 1. The summed E-state index contributed by atoms with van der Waals surface area (Å²) in [6.07, 6.45) is 6.92. The number of H-pyrrole nitrogens is 1. The normalized spacial score (nSPS) is 13.5. The summed E-state index contributed by atoms with van der Waals surface area (Å²) < 4.78 is 9.63. The van der Waals surface area contributed by atoms with Crippen LogP contribution >= 0.6 is 0 Å². The topological polar surface area (TPSA) is 63.4 Å². The van der Waals surface area contributed by atoms with Gasteiger partial charge in [0, 0.05) is 18.9 Å². The molecule has 1 heterocycles. The van der Waals surface area contributed by atoms with Crippen LogP contribution in [-0.2, 0) is 14.3 Å². The molecular weight excluding hydrogens is 220 g/mol. The monoisotopic (exact) mass is 240 g/mol. The maximum absolute atomic E-state index is 9.18. The molecule has 96 valence electrons. The van der Waals surface area contributed by atoms with Crippen LogP contribution in [0.5, 0.6) is 0 Å². The van der Waals surface area contributed by atoms with Gasteiger partial charge in [0.1, 0.15) is 0 Å². The number of carbonyl (C=O) groups is 1. The van der Waals surface area contributed by atoms with Gasteiger partial charge in [-0.1, -0.05) is 0 Å². The maximum Gasteiger partial charge on any atom is 0.293 e. The number of nitrogens with one attached hydrogen (secondary N) is 2. The zero-order valence-corrected chi connectivity index (χ0v) is 10.1. The first-order valence-corrected chi connectivity index (χ1v) is 5.90. The average Bonchev–Trinajstić information content (AvgIpc) is 3.02. The number of anilines is 1. The minimum absolute atomic E-state index is 0.431. The van der Waals surface area contributed by atoms with Crippen molar-refractivity contribution in [2.75, 3.05) is 25.1 Å². The van der Waals surface area contributed by atoms with Gasteiger partial charge in [-0.15, -0.1) is 0 Å². The summed E-state index contributed by atoms with van der Waals surface area (Å²) in [6.45, 7) is 4.38. The van der Waals surface area contributed by atoms with Crippen LogP contribution in [0.15, 0.2) is 18.5 Å². The van der Waals surface area contributed by atoms with Crippen LogP contribution in [-0.4, -0.2) is 37.3 Å². The summed E-state index contributed by atoms with van der Waals surface area (Å²) in [7, 11) is 0. The summed E-state index contributed by atoms with van der Waals surface area (Å²) in [4.78, 5) is 12.2. The minimum Gasteiger partial charge on any atom is -0.468 e. The minimum atomic E-state index is 0.431. The van der Waals surface area contributed by atoms with Crippen molar-refractivity contribution < 1.29 is 14.3 Å². The molecule has 5 nitrogen and oxygen atoms in total. The summed E-state index contributed by atoms with van der Waals surface area (Å²) >= 11 is 0. The Hall–Kier alpha value is -1.49. The third kappa shape index (κ3) is 7.41. The lowest BCUT2D eigenvalue weighted by Gasteiger charge is -2.03. The molecule has 1 saturated carbocycles. The second kappa shape index (κ2) is 8.64. The number of hydrogen-bond donors (Lipinski definition) is 2. The van der Waals surface area contributed by atoms with Gasteiger partial charge < -0.3 is 19.8 Å². The highest BCUT2D eigenvalue weighted by Gasteiger charge is 2.21. The van der Waals surface area contributed by atoms with Gasteiger partial charge in [0.2, 0.25) is 0 Å². The van der Waals surface area contributed by atoms with Crippen molar-refractivity contribution in [2.24, 2.45) is 0 Å². The molecule has 1 aliphatic rings. The van der Waals surface area contributed by atoms with Crippen LogP contribution in [0.2, 0.25) is 0 Å². The van der Waals surface area contributed by atoms with E-state index < -0.39 is 0 Å². The van der Waals surface area contributed by atoms with Crippen LogP contribution < -0.4 is 5.32 Å². The third-order valence-electron chi connectivity index (χ3n) is 2.14. The predicted molar refractivity (Wildman–Crippen MR) is 65.9 cm³/mol. The van der Waals surface area contributed by atoms with Crippen LogP contribution in [0.4, 0.5) is 5.69 Å². The molecule has 0 atom stereocenters. The highest BCUT2D eigenvalue weighted by Crippen LogP contribution is 2.22. The number of aromatic amines is 1. The van der Waals surface area contributed by atoms with Crippen LogP contribution in [0, 0.1) is 0 Å². The molecule has 1 aliphatic carbocycles. The maximum atomic E-state index is 9.18. The highest BCUT2D eigenvalue weighted by molar-refractivity contribution is 5.39. The predicted octanol–water partition coefficient (Wildman–Crippen LogP) is 1.78. The van der Waals surface area contributed by atoms with E-state index in [0.29, 0.717) is 19.2 Å². The Kier molecular flexibility index (Phi) is 6.90. The van der Waals surface area contributed by atoms with Crippen molar-refractivity contribution >= 4 is 12.2 Å². The zero-order chi connectivity index (χ0) is 12.3. The summed E-state index contributed by atoms with van der Waals surface area (Å²) in [6, 6.07) is 2.01. The van der Waals surface area contributed by atoms with Gasteiger partial charge in [0.05, 0.1) is 25.0 Å². The van der Waals surface area contributed by atoms with Gasteiger partial charge in [0.15, 0.2) is 0 Å². The van der Waals surface area contributed by atoms with E-state index in [-0.39, 0.29) is 0 Å². The summed E-state index contributed by atoms with van der Waals surface area (Å²) in [5.74, 6) is 0. The van der Waals surface area contributed by atoms with Crippen LogP contribution in [0.1, 0.15) is 19.8 Å². The molecular formula is C12H20N2O3. The summed E-state index contributed by atoms with van der Waals surface area (Å²) in [5.41, 5.74) is 1.13. The van der Waals surface area contributed by atoms with E-state index in [9.17, 15) is 4.79 Å². The molecule has 0 aliphatic heterocycles. The van der Waals surface area contributed by atoms with E-state index in [1.165, 1.54) is 12.8 Å². The van der Waals surface area contributed by atoms with Crippen molar-refractivity contribution in [1.82, 2.24) is 4.98 Å². The van der Waals surface area contributed by atoms with Crippen molar-refractivity contribution in [3.05, 3.63) is 18.5 Å². The van der Waals surface area contributed by atoms with Gasteiger partial charge in [-0.05, 0) is 25.8 Å². The van der Waals surface area contributed by atoms with Gasteiger partial charge in [-0.2, -0.15) is 0 Å². The van der Waals surface area contributed by atoms with E-state index in [4.69, 9.17) is 4.74 Å². The molecule has 1 aromatic rings. The molecule has 5 heteroatoms. The van der Waals surface area contributed by atoms with E-state index in [1.54, 1.807) is 6.92 Å². The average molecular weight is 240 g/mol. The Labute approximate surface area is 101 Å². The van der Waals surface area contributed by atoms with Gasteiger partial charge in [-0.25, -0.2) is 0 Å². The summed E-state index contributed by atoms with van der Waals surface area (Å²) in [5, 5.41) is 3.25. The fourth-order valence-electron chi connectivity index (χ4n) is 1.16. The van der Waals surface area contributed by atoms with Gasteiger partial charge >= 0.3 is 0 Å². The standard InChI is InChI=1S/C9H14N2O.C3H6O2/c1-2-9(1)12-6-5-11-8-3-4-10-7-8;1-2-5-3-4/h3-4,7,9-11H,1-2,5-6H2;3H,2H2,1H3. The fraction of sp³-hybridized carbons (Fsp3) is 0.583. The largest absolute Gasteiger partial charge is 0.468 e. The lowest BCUT2D eigenvalue weighted by atomic mass is 10.5. The quantitative estimate of drug-likeness (QED) is 0.563. The molecule has 2 N–H and O–H groups in total. The van der Waals surface area contributed by atoms with E-state index >= 15 is 0 Å². The van der Waals surface area contributed by atoms with Crippen molar-refractivity contribution in [1.29, 1.82) is 0 Å². The molecule has 0 radical (unpaired) electrons. The van der Waals surface area contributed by atoms with Gasteiger partial charge in [-0.3, -0.25) is 4.79 Å². The Morgan fingerprint density at radius 2 is 2.41 bits per heavy atom. The Balaban J connectivity index is 0.000000249. The molecule has 0 aromatic carbocycles. The Bertz CT molecular complexity index is 284. The molecule has 0 spiro atoms. The van der Waals surface area contributed by atoms with Crippen LogP contribution in [0.3, 0.4) is 0 Å². The highest BCUT2D eigenvalue weighted by atomic mass is 16.5. The van der Waals surface area contributed by atoms with E-state index in [1.807, 2.05) is 18.5 Å². The molecule has 0 bridgehead atoms. The lowest BCUT2D eigenvalue weighted by molar-refractivity contribution is -0.128. The number of hydrogen-bond acceptors (Lipinski definition) is 4. The first-order chi connectivity index (χ1) is 8.36. The third-order valence-corrected chi connectivity index (χ3v) is 2.14. The van der Waals surface area contributed by atoms with E-state index in [0.717, 1.165) is 18.8 Å². The number of ether oxygens (including phenoxy) is 2. The smallest absolute Gasteiger partial charge is 0.293 e. The Morgan fingerprint density at radius 1 is 1.59 bits per heavy atom. The molecule has 0 amide bonds. The van der Waals surface area contributed by atoms with Crippen LogP contribution in [0.25, 0.3) is 0 Å². The fourth-order valence-corrected chi connectivity index (χ4v) is 1.16. The lowest BCUT2D eigenvalue weighted by Crippen LogP contribution is -2.09. The zero-order valence-electron chi connectivity index (χ0n) is 10.1. The first-order valence-electron chi connectivity index (χ1n) is 5.90. The molecule has 2 rings (SSSR count). The number of rotatable bonds is 7. The first kappa shape index (κ1) is 13.6. The second-order valence-corrected chi connectivity index (χ2v) is 3.65. The number of aromatic nitrogens is 1. The Morgan fingerprint density at radius 3 is 2.88 bits per heavy atom. The van der Waals surface area contributed by atoms with Crippen molar-refractivity contribution in [3.63, 3.8) is 0 Å². The molecule has 0 unspecified atom stereocenters. The SMILES string of the molecule is CCOC=O.c1cc(NCCOC2CC2)c[nH]1. The second-order valence-electron chi connectivity index (χ2n) is 3.65. The molecule has 17 heavy (non-hydrogen) atoms. The van der Waals surface area contributed by atoms with Crippen molar-refractivity contribution in [3.8, 4) is 0 Å². The van der Waals surface area contributed by atoms with E-state index in [2.05, 4.69) is 15.0 Å². The molecule has 1 aromatic heterocycles. The molecule has 0 saturated heterocycles. The molecule has 1 fully saturated rings.